The minimum absolute atomic E-state index is 0.0168. The number of hydrogen-bond donors (Lipinski definition) is 1. The quantitative estimate of drug-likeness (QED) is 0.653. The number of aliphatic hydroxyl groups is 1. The van der Waals surface area contributed by atoms with Gasteiger partial charge in [-0.3, -0.25) is 14.5 Å². The van der Waals surface area contributed by atoms with Crippen LogP contribution in [0.5, 0.6) is 0 Å². The smallest absolute Gasteiger partial charge is 0.261 e. The zero-order chi connectivity index (χ0) is 14.3. The summed E-state index contributed by atoms with van der Waals surface area (Å²) >= 11 is 0. The Bertz CT molecular complexity index is 614. The second kappa shape index (κ2) is 4.46. The molecule has 1 atom stereocenters. The Morgan fingerprint density at radius 2 is 1.80 bits per heavy atom. The Morgan fingerprint density at radius 3 is 2.30 bits per heavy atom. The van der Waals surface area contributed by atoms with E-state index in [-0.39, 0.29) is 23.8 Å². The van der Waals surface area contributed by atoms with Crippen molar-refractivity contribution in [2.45, 2.75) is 25.9 Å². The third-order valence-electron chi connectivity index (χ3n) is 3.77. The minimum atomic E-state index is -0.991. The molecule has 20 heavy (non-hydrogen) atoms. The Hall–Kier alpha value is -2.12. The Labute approximate surface area is 117 Å². The van der Waals surface area contributed by atoms with Crippen LogP contribution >= 0.6 is 0 Å². The van der Waals surface area contributed by atoms with Crippen molar-refractivity contribution in [2.24, 2.45) is 5.41 Å². The first-order chi connectivity index (χ1) is 9.50. The van der Waals surface area contributed by atoms with Crippen LogP contribution in [0.25, 0.3) is 0 Å². The zero-order valence-electron chi connectivity index (χ0n) is 11.2. The van der Waals surface area contributed by atoms with E-state index in [1.165, 1.54) is 0 Å². The first-order valence-electron chi connectivity index (χ1n) is 6.66. The van der Waals surface area contributed by atoms with Gasteiger partial charge in [-0.15, -0.1) is 0 Å². The summed E-state index contributed by atoms with van der Waals surface area (Å²) in [6.07, 6.45) is 1.09. The van der Waals surface area contributed by atoms with E-state index >= 15 is 0 Å². The molecule has 4 heteroatoms. The van der Waals surface area contributed by atoms with E-state index in [1.54, 1.807) is 24.3 Å². The molecule has 1 heterocycles. The molecule has 1 saturated carbocycles. The molecule has 0 spiro atoms. The molecule has 1 aliphatic heterocycles. The summed E-state index contributed by atoms with van der Waals surface area (Å²) in [4.78, 5) is 25.3. The van der Waals surface area contributed by atoms with Crippen LogP contribution in [0.15, 0.2) is 24.3 Å². The second-order valence-electron chi connectivity index (χ2n) is 5.61. The molecule has 0 saturated heterocycles. The number of fused-ring (bicyclic) bond motifs is 1. The van der Waals surface area contributed by atoms with Gasteiger partial charge >= 0.3 is 0 Å². The van der Waals surface area contributed by atoms with Crippen LogP contribution in [0.2, 0.25) is 0 Å². The number of carbonyl (C=O) groups is 2. The summed E-state index contributed by atoms with van der Waals surface area (Å²) in [5.41, 5.74) is 0.807. The standard InChI is InChI=1S/C16H15NO3/c1-16(8-9-16)7-6-11(18)10-17-14(19)12-4-2-3-5-13(12)15(17)20/h2-5,11,18H,8-10H2,1H3. The topological polar surface area (TPSA) is 57.6 Å². The zero-order valence-corrected chi connectivity index (χ0v) is 11.2. The van der Waals surface area contributed by atoms with Crippen molar-refractivity contribution >= 4 is 11.8 Å². The van der Waals surface area contributed by atoms with Crippen molar-refractivity contribution in [1.29, 1.82) is 0 Å². The fourth-order valence-corrected chi connectivity index (χ4v) is 2.19. The second-order valence-corrected chi connectivity index (χ2v) is 5.61. The number of aliphatic hydroxyl groups excluding tert-OH is 1. The van der Waals surface area contributed by atoms with Crippen molar-refractivity contribution in [3.63, 3.8) is 0 Å². The fraction of sp³-hybridized carbons (Fsp3) is 0.375. The largest absolute Gasteiger partial charge is 0.378 e. The summed E-state index contributed by atoms with van der Waals surface area (Å²) in [7, 11) is 0. The maximum atomic E-state index is 12.1. The van der Waals surface area contributed by atoms with E-state index in [4.69, 9.17) is 0 Å². The monoisotopic (exact) mass is 269 g/mol. The molecule has 0 aromatic heterocycles. The predicted molar refractivity (Wildman–Crippen MR) is 72.9 cm³/mol. The van der Waals surface area contributed by atoms with E-state index in [0.29, 0.717) is 11.1 Å². The number of hydrogen-bond acceptors (Lipinski definition) is 3. The van der Waals surface area contributed by atoms with Crippen molar-refractivity contribution in [1.82, 2.24) is 4.90 Å². The Kier molecular flexibility index (Phi) is 2.88. The molecule has 0 radical (unpaired) electrons. The van der Waals surface area contributed by atoms with Gasteiger partial charge in [-0.1, -0.05) is 24.0 Å². The molecule has 0 bridgehead atoms. The average molecular weight is 269 g/mol. The fourth-order valence-electron chi connectivity index (χ4n) is 2.19. The van der Waals surface area contributed by atoms with Crippen molar-refractivity contribution in [3.05, 3.63) is 35.4 Å². The molecule has 3 rings (SSSR count). The number of rotatable bonds is 2. The van der Waals surface area contributed by atoms with E-state index < -0.39 is 6.10 Å². The van der Waals surface area contributed by atoms with Crippen LogP contribution in [-0.4, -0.2) is 34.5 Å². The molecule has 1 aliphatic carbocycles. The molecular weight excluding hydrogens is 254 g/mol. The van der Waals surface area contributed by atoms with Gasteiger partial charge in [-0.05, 0) is 31.9 Å². The molecule has 4 nitrogen and oxygen atoms in total. The maximum Gasteiger partial charge on any atom is 0.261 e. The number of amides is 2. The van der Waals surface area contributed by atoms with Gasteiger partial charge < -0.3 is 5.11 Å². The van der Waals surface area contributed by atoms with Gasteiger partial charge in [0.25, 0.3) is 11.8 Å². The van der Waals surface area contributed by atoms with Gasteiger partial charge in [0.15, 0.2) is 0 Å². The van der Waals surface area contributed by atoms with E-state index in [1.807, 2.05) is 6.92 Å². The number of carbonyl (C=O) groups excluding carboxylic acids is 2. The molecular formula is C16H15NO3. The summed E-state index contributed by atoms with van der Waals surface area (Å²) in [6, 6.07) is 6.69. The lowest BCUT2D eigenvalue weighted by molar-refractivity contribution is 0.0591. The highest BCUT2D eigenvalue weighted by atomic mass is 16.3. The molecule has 1 fully saturated rings. The summed E-state index contributed by atoms with van der Waals surface area (Å²) < 4.78 is 0. The van der Waals surface area contributed by atoms with Gasteiger partial charge in [-0.25, -0.2) is 0 Å². The van der Waals surface area contributed by atoms with Crippen LogP contribution in [0.3, 0.4) is 0 Å². The predicted octanol–water partition coefficient (Wildman–Crippen LogP) is 1.45. The van der Waals surface area contributed by atoms with Crippen molar-refractivity contribution in [3.8, 4) is 11.8 Å². The molecule has 1 N–H and O–H groups in total. The maximum absolute atomic E-state index is 12.1. The number of imide groups is 1. The van der Waals surface area contributed by atoms with Gasteiger partial charge in [0.05, 0.1) is 17.7 Å². The highest BCUT2D eigenvalue weighted by Gasteiger charge is 2.37. The van der Waals surface area contributed by atoms with Crippen molar-refractivity contribution < 1.29 is 14.7 Å². The first kappa shape index (κ1) is 12.9. The van der Waals surface area contributed by atoms with Gasteiger partial charge in [0.1, 0.15) is 6.10 Å². The SMILES string of the molecule is CC1(C#CC(O)CN2C(=O)c3ccccc3C2=O)CC1. The van der Waals surface area contributed by atoms with Crippen LogP contribution < -0.4 is 0 Å². The number of β-amino-alcohol motifs (C(OH)–C–C–N with tert-alkyl or cyclic N) is 1. The highest BCUT2D eigenvalue weighted by molar-refractivity contribution is 6.21. The van der Waals surface area contributed by atoms with Crippen LogP contribution in [0, 0.1) is 17.3 Å². The summed E-state index contributed by atoms with van der Waals surface area (Å²) in [6.45, 7) is 1.96. The minimum Gasteiger partial charge on any atom is -0.378 e. The first-order valence-corrected chi connectivity index (χ1v) is 6.66. The number of benzene rings is 1. The molecule has 102 valence electrons. The molecule has 1 unspecified atom stereocenters. The van der Waals surface area contributed by atoms with Crippen LogP contribution in [0.4, 0.5) is 0 Å². The molecule has 1 aromatic carbocycles. The van der Waals surface area contributed by atoms with Gasteiger partial charge in [0, 0.05) is 5.41 Å². The molecule has 2 aliphatic rings. The summed E-state index contributed by atoms with van der Waals surface area (Å²) in [5.74, 6) is 5.03. The third kappa shape index (κ3) is 2.21. The Balaban J connectivity index is 1.74. The normalized spacial score (nSPS) is 20.2. The van der Waals surface area contributed by atoms with E-state index in [9.17, 15) is 14.7 Å². The van der Waals surface area contributed by atoms with Crippen molar-refractivity contribution in [2.75, 3.05) is 6.54 Å². The lowest BCUT2D eigenvalue weighted by atomic mass is 10.1. The lowest BCUT2D eigenvalue weighted by Crippen LogP contribution is -2.36. The molecule has 2 amide bonds. The number of nitrogens with zero attached hydrogens (tertiary/aromatic N) is 1. The van der Waals surface area contributed by atoms with Crippen LogP contribution in [0.1, 0.15) is 40.5 Å². The van der Waals surface area contributed by atoms with Crippen LogP contribution in [-0.2, 0) is 0 Å². The van der Waals surface area contributed by atoms with Gasteiger partial charge in [-0.2, -0.15) is 0 Å². The average Bonchev–Trinajstić information content (AvgIpc) is 3.14. The molecule has 1 aromatic rings. The van der Waals surface area contributed by atoms with E-state index in [2.05, 4.69) is 11.8 Å². The highest BCUT2D eigenvalue weighted by Crippen LogP contribution is 2.44. The summed E-state index contributed by atoms with van der Waals surface area (Å²) in [5, 5.41) is 9.90. The Morgan fingerprint density at radius 1 is 1.25 bits per heavy atom. The van der Waals surface area contributed by atoms with Gasteiger partial charge in [0.2, 0.25) is 0 Å². The lowest BCUT2D eigenvalue weighted by Gasteiger charge is -2.15. The third-order valence-corrected chi connectivity index (χ3v) is 3.77. The van der Waals surface area contributed by atoms with E-state index in [0.717, 1.165) is 17.7 Å².